The molecule has 1 saturated heterocycles. The van der Waals surface area contributed by atoms with E-state index in [9.17, 15) is 17.6 Å². The molecule has 8 nitrogen and oxygen atoms in total. The minimum atomic E-state index is -3.77. The van der Waals surface area contributed by atoms with Crippen molar-refractivity contribution >= 4 is 15.9 Å². The van der Waals surface area contributed by atoms with Crippen LogP contribution in [0.15, 0.2) is 66.1 Å². The Bertz CT molecular complexity index is 1130. The maximum atomic E-state index is 13.1. The molecule has 0 saturated carbocycles. The average molecular weight is 444 g/mol. The Kier molecular flexibility index (Phi) is 6.10. The summed E-state index contributed by atoms with van der Waals surface area (Å²) in [4.78, 5) is 16.6. The van der Waals surface area contributed by atoms with Gasteiger partial charge in [-0.05, 0) is 54.8 Å². The van der Waals surface area contributed by atoms with Gasteiger partial charge in [0.1, 0.15) is 18.5 Å². The molecule has 2 aromatic carbocycles. The van der Waals surface area contributed by atoms with Crippen molar-refractivity contribution in [3.63, 3.8) is 0 Å². The van der Waals surface area contributed by atoms with E-state index in [-0.39, 0.29) is 17.3 Å². The number of sulfonamides is 1. The number of nitrogens with zero attached hydrogens (tertiary/aromatic N) is 4. The van der Waals surface area contributed by atoms with Crippen LogP contribution in [-0.4, -0.2) is 46.5 Å². The van der Waals surface area contributed by atoms with E-state index in [4.69, 9.17) is 0 Å². The topological polar surface area (TPSA) is 97.2 Å². The molecule has 1 fully saturated rings. The summed E-state index contributed by atoms with van der Waals surface area (Å²) < 4.78 is 41.8. The molecular formula is C21H22FN5O3S. The van der Waals surface area contributed by atoms with Crippen molar-refractivity contribution in [3.8, 4) is 5.69 Å². The molecule has 1 N–H and O–H groups in total. The highest BCUT2D eigenvalue weighted by Gasteiger charge is 2.33. The molecule has 162 valence electrons. The van der Waals surface area contributed by atoms with Gasteiger partial charge >= 0.3 is 0 Å². The molecule has 0 radical (unpaired) electrons. The lowest BCUT2D eigenvalue weighted by atomic mass is 9.99. The molecular weight excluding hydrogens is 421 g/mol. The lowest BCUT2D eigenvalue weighted by Crippen LogP contribution is -2.45. The first kappa shape index (κ1) is 21.1. The zero-order valence-corrected chi connectivity index (χ0v) is 17.5. The third-order valence-corrected chi connectivity index (χ3v) is 7.17. The van der Waals surface area contributed by atoms with Crippen LogP contribution < -0.4 is 5.32 Å². The van der Waals surface area contributed by atoms with Gasteiger partial charge in [-0.25, -0.2) is 22.5 Å². The van der Waals surface area contributed by atoms with E-state index < -0.39 is 21.8 Å². The number of rotatable bonds is 6. The highest BCUT2D eigenvalue weighted by atomic mass is 32.2. The van der Waals surface area contributed by atoms with Gasteiger partial charge in [0.15, 0.2) is 0 Å². The molecule has 1 aromatic heterocycles. The summed E-state index contributed by atoms with van der Waals surface area (Å²) in [5.41, 5.74) is 1.78. The maximum Gasteiger partial charge on any atom is 0.243 e. The van der Waals surface area contributed by atoms with Gasteiger partial charge in [-0.15, -0.1) is 0 Å². The first-order valence-corrected chi connectivity index (χ1v) is 11.3. The van der Waals surface area contributed by atoms with Crippen molar-refractivity contribution in [1.29, 1.82) is 0 Å². The first-order chi connectivity index (χ1) is 14.9. The number of benzene rings is 2. The molecule has 4 rings (SSSR count). The Morgan fingerprint density at radius 1 is 1.13 bits per heavy atom. The summed E-state index contributed by atoms with van der Waals surface area (Å²) in [7, 11) is -3.77. The van der Waals surface area contributed by atoms with E-state index in [1.807, 2.05) is 24.3 Å². The fourth-order valence-electron chi connectivity index (χ4n) is 3.57. The molecule has 1 aliphatic heterocycles. The maximum absolute atomic E-state index is 13.1. The van der Waals surface area contributed by atoms with E-state index in [1.54, 1.807) is 11.0 Å². The summed E-state index contributed by atoms with van der Waals surface area (Å²) >= 11 is 0. The van der Waals surface area contributed by atoms with E-state index in [1.165, 1.54) is 22.8 Å². The monoisotopic (exact) mass is 443 g/mol. The second-order valence-corrected chi connectivity index (χ2v) is 9.32. The van der Waals surface area contributed by atoms with Crippen molar-refractivity contribution in [1.82, 2.24) is 24.4 Å². The summed E-state index contributed by atoms with van der Waals surface area (Å²) in [5, 5.41) is 6.97. The normalized spacial score (nSPS) is 17.4. The van der Waals surface area contributed by atoms with E-state index >= 15 is 0 Å². The van der Waals surface area contributed by atoms with Crippen LogP contribution in [0.4, 0.5) is 4.39 Å². The average Bonchev–Trinajstić information content (AvgIpc) is 3.33. The predicted octanol–water partition coefficient (Wildman–Crippen LogP) is 2.12. The van der Waals surface area contributed by atoms with E-state index in [2.05, 4.69) is 15.4 Å². The summed E-state index contributed by atoms with van der Waals surface area (Å²) in [5.74, 6) is -1.11. The lowest BCUT2D eigenvalue weighted by Gasteiger charge is -2.31. The van der Waals surface area contributed by atoms with Crippen molar-refractivity contribution in [2.75, 3.05) is 13.1 Å². The number of hydrogen-bond acceptors (Lipinski definition) is 5. The fraction of sp³-hybridized carbons (Fsp3) is 0.286. The second kappa shape index (κ2) is 8.94. The molecule has 1 atom stereocenters. The van der Waals surface area contributed by atoms with Crippen molar-refractivity contribution in [2.45, 2.75) is 24.3 Å². The first-order valence-electron chi connectivity index (χ1n) is 9.91. The quantitative estimate of drug-likeness (QED) is 0.630. The van der Waals surface area contributed by atoms with Crippen LogP contribution in [0.25, 0.3) is 5.69 Å². The number of halogens is 1. The third-order valence-electron chi connectivity index (χ3n) is 5.29. The second-order valence-electron chi connectivity index (χ2n) is 7.38. The van der Waals surface area contributed by atoms with Crippen LogP contribution in [0, 0.1) is 11.7 Å². The number of aromatic nitrogens is 3. The Hall–Kier alpha value is -3.11. The van der Waals surface area contributed by atoms with Crippen molar-refractivity contribution in [3.05, 3.63) is 72.6 Å². The van der Waals surface area contributed by atoms with E-state index in [0.717, 1.165) is 23.4 Å². The number of piperidine rings is 1. The van der Waals surface area contributed by atoms with Crippen molar-refractivity contribution in [2.24, 2.45) is 5.92 Å². The highest BCUT2D eigenvalue weighted by molar-refractivity contribution is 7.89. The van der Waals surface area contributed by atoms with Gasteiger partial charge in [-0.3, -0.25) is 4.79 Å². The van der Waals surface area contributed by atoms with E-state index in [0.29, 0.717) is 25.9 Å². The molecule has 0 aliphatic carbocycles. The molecule has 1 amide bonds. The van der Waals surface area contributed by atoms with Gasteiger partial charge in [-0.1, -0.05) is 12.1 Å². The number of amides is 1. The Balaban J connectivity index is 1.36. The Labute approximate surface area is 179 Å². The summed E-state index contributed by atoms with van der Waals surface area (Å²) in [6.07, 6.45) is 4.26. The van der Waals surface area contributed by atoms with Crippen LogP contribution in [-0.2, 0) is 21.4 Å². The minimum absolute atomic E-state index is 0.0300. The SMILES string of the molecule is O=C(NCc1ccc(-n2cncn2)cc1)C1CCCN(S(=O)(=O)c2ccc(F)cc2)C1. The number of carbonyl (C=O) groups is 1. The zero-order valence-electron chi connectivity index (χ0n) is 16.7. The molecule has 31 heavy (non-hydrogen) atoms. The van der Waals surface area contributed by atoms with Crippen LogP contribution in [0.3, 0.4) is 0 Å². The molecule has 3 aromatic rings. The fourth-order valence-corrected chi connectivity index (χ4v) is 5.10. The summed E-state index contributed by atoms with van der Waals surface area (Å²) in [6, 6.07) is 12.3. The lowest BCUT2D eigenvalue weighted by molar-refractivity contribution is -0.126. The predicted molar refractivity (Wildman–Crippen MR) is 111 cm³/mol. The Morgan fingerprint density at radius 2 is 1.87 bits per heavy atom. The van der Waals surface area contributed by atoms with Crippen molar-refractivity contribution < 1.29 is 17.6 Å². The number of nitrogens with one attached hydrogen (secondary N) is 1. The summed E-state index contributed by atoms with van der Waals surface area (Å²) in [6.45, 7) is 0.793. The molecule has 10 heteroatoms. The molecule has 1 aliphatic rings. The smallest absolute Gasteiger partial charge is 0.243 e. The van der Waals surface area contributed by atoms with Crippen LogP contribution in [0.2, 0.25) is 0 Å². The Morgan fingerprint density at radius 3 is 2.55 bits per heavy atom. The molecule has 0 bridgehead atoms. The van der Waals surface area contributed by atoms with Crippen LogP contribution in [0.1, 0.15) is 18.4 Å². The van der Waals surface area contributed by atoms with Crippen LogP contribution in [0.5, 0.6) is 0 Å². The molecule has 2 heterocycles. The highest BCUT2D eigenvalue weighted by Crippen LogP contribution is 2.24. The standard InChI is InChI=1S/C21H22FN5O3S/c22-18-5-9-20(10-6-18)31(29,30)26-11-1-2-17(13-26)21(28)24-12-16-3-7-19(8-4-16)27-15-23-14-25-27/h3-10,14-15,17H,1-2,11-13H2,(H,24,28). The van der Waals surface area contributed by atoms with Gasteiger partial charge in [0.25, 0.3) is 0 Å². The largest absolute Gasteiger partial charge is 0.352 e. The third kappa shape index (κ3) is 4.80. The number of carbonyl (C=O) groups excluding carboxylic acids is 1. The molecule has 1 unspecified atom stereocenters. The zero-order chi connectivity index (χ0) is 21.8. The molecule has 0 spiro atoms. The van der Waals surface area contributed by atoms with Gasteiger partial charge in [0, 0.05) is 19.6 Å². The van der Waals surface area contributed by atoms with Gasteiger partial charge in [0.05, 0.1) is 16.5 Å². The van der Waals surface area contributed by atoms with Gasteiger partial charge < -0.3 is 5.32 Å². The van der Waals surface area contributed by atoms with Gasteiger partial charge in [0.2, 0.25) is 15.9 Å². The minimum Gasteiger partial charge on any atom is -0.352 e. The van der Waals surface area contributed by atoms with Gasteiger partial charge in [-0.2, -0.15) is 9.40 Å². The number of hydrogen-bond donors (Lipinski definition) is 1. The van der Waals surface area contributed by atoms with Crippen LogP contribution >= 0.6 is 0 Å².